The molecule has 2 heterocycles. The zero-order valence-corrected chi connectivity index (χ0v) is 22.9. The number of aromatic nitrogens is 1. The van der Waals surface area contributed by atoms with Crippen molar-refractivity contribution in [1.82, 2.24) is 0 Å². The van der Waals surface area contributed by atoms with Gasteiger partial charge >= 0.3 is 5.88 Å². The average Bonchev–Trinajstić information content (AvgIpc) is 3.29. The third kappa shape index (κ3) is 4.57. The Hall–Kier alpha value is -4.42. The SMILES string of the molecule is COc1cccc(OC)c1-c1ccc2c(c1)SC(=Cc1cc(O)[n+](Cc3ccccc3)c3ccccc13)N2C. The van der Waals surface area contributed by atoms with Gasteiger partial charge in [-0.3, -0.25) is 0 Å². The molecule has 0 radical (unpaired) electrons. The van der Waals surface area contributed by atoms with Gasteiger partial charge in [0, 0.05) is 29.1 Å². The van der Waals surface area contributed by atoms with Gasteiger partial charge in [0.05, 0.1) is 42.0 Å². The fourth-order valence-electron chi connectivity index (χ4n) is 5.15. The highest BCUT2D eigenvalue weighted by Gasteiger charge is 2.25. The Morgan fingerprint density at radius 2 is 1.56 bits per heavy atom. The Balaban J connectivity index is 1.39. The second-order valence-electron chi connectivity index (χ2n) is 9.41. The van der Waals surface area contributed by atoms with Crippen molar-refractivity contribution in [2.75, 3.05) is 26.2 Å². The molecular weight excluding hydrogens is 504 g/mol. The molecule has 0 fully saturated rings. The van der Waals surface area contributed by atoms with Gasteiger partial charge in [-0.2, -0.15) is 4.57 Å². The van der Waals surface area contributed by atoms with Crippen LogP contribution in [-0.2, 0) is 6.54 Å². The maximum absolute atomic E-state index is 11.1. The van der Waals surface area contributed by atoms with Crippen LogP contribution in [0.25, 0.3) is 28.1 Å². The van der Waals surface area contributed by atoms with E-state index in [0.29, 0.717) is 6.54 Å². The zero-order valence-electron chi connectivity index (χ0n) is 22.1. The van der Waals surface area contributed by atoms with E-state index in [-0.39, 0.29) is 5.88 Å². The molecule has 1 aromatic heterocycles. The largest absolute Gasteiger partial charge is 0.496 e. The Labute approximate surface area is 232 Å². The van der Waals surface area contributed by atoms with Crippen LogP contribution in [0.1, 0.15) is 11.1 Å². The van der Waals surface area contributed by atoms with Gasteiger partial charge in [-0.05, 0) is 42.0 Å². The number of pyridine rings is 1. The van der Waals surface area contributed by atoms with Gasteiger partial charge in [0.1, 0.15) is 11.5 Å². The average molecular weight is 534 g/mol. The molecule has 0 saturated carbocycles. The van der Waals surface area contributed by atoms with Crippen molar-refractivity contribution in [3.05, 3.63) is 113 Å². The molecular formula is C33H29N2O3S+. The van der Waals surface area contributed by atoms with E-state index in [1.165, 1.54) is 0 Å². The van der Waals surface area contributed by atoms with E-state index in [9.17, 15) is 5.11 Å². The molecule has 4 aromatic carbocycles. The summed E-state index contributed by atoms with van der Waals surface area (Å²) >= 11 is 1.71. The number of methoxy groups -OCH3 is 2. The van der Waals surface area contributed by atoms with Crippen molar-refractivity contribution < 1.29 is 19.1 Å². The van der Waals surface area contributed by atoms with Gasteiger partial charge in [0.2, 0.25) is 5.52 Å². The molecule has 5 aromatic rings. The van der Waals surface area contributed by atoms with E-state index in [1.54, 1.807) is 26.0 Å². The fourth-order valence-corrected chi connectivity index (χ4v) is 6.29. The minimum atomic E-state index is 0.234. The van der Waals surface area contributed by atoms with Crippen molar-refractivity contribution in [3.63, 3.8) is 0 Å². The molecule has 194 valence electrons. The lowest BCUT2D eigenvalue weighted by Crippen LogP contribution is -2.35. The van der Waals surface area contributed by atoms with Gasteiger partial charge in [-0.25, -0.2) is 0 Å². The Morgan fingerprint density at radius 1 is 0.846 bits per heavy atom. The first kappa shape index (κ1) is 24.9. The van der Waals surface area contributed by atoms with Gasteiger partial charge in [0.25, 0.3) is 0 Å². The molecule has 0 unspecified atom stereocenters. The predicted octanol–water partition coefficient (Wildman–Crippen LogP) is 7.11. The van der Waals surface area contributed by atoms with E-state index in [4.69, 9.17) is 9.47 Å². The number of para-hydroxylation sites is 1. The lowest BCUT2D eigenvalue weighted by molar-refractivity contribution is -0.668. The third-order valence-corrected chi connectivity index (χ3v) is 8.26. The number of thioether (sulfide) groups is 1. The molecule has 1 N–H and O–H groups in total. The van der Waals surface area contributed by atoms with Crippen LogP contribution in [0.15, 0.2) is 107 Å². The lowest BCUT2D eigenvalue weighted by Gasteiger charge is -2.16. The molecule has 39 heavy (non-hydrogen) atoms. The second-order valence-corrected chi connectivity index (χ2v) is 10.5. The Bertz CT molecular complexity index is 1690. The first-order valence-corrected chi connectivity index (χ1v) is 13.6. The summed E-state index contributed by atoms with van der Waals surface area (Å²) in [5.74, 6) is 1.78. The van der Waals surface area contributed by atoms with Crippen LogP contribution in [-0.4, -0.2) is 26.4 Å². The third-order valence-electron chi connectivity index (χ3n) is 7.11. The quantitative estimate of drug-likeness (QED) is 0.236. The minimum absolute atomic E-state index is 0.234. The lowest BCUT2D eigenvalue weighted by atomic mass is 10.0. The van der Waals surface area contributed by atoms with Gasteiger partial charge < -0.3 is 19.5 Å². The highest BCUT2D eigenvalue weighted by molar-refractivity contribution is 8.03. The first-order chi connectivity index (χ1) is 19.1. The maximum Gasteiger partial charge on any atom is 0.366 e. The molecule has 0 bridgehead atoms. The zero-order chi connectivity index (χ0) is 26.9. The Morgan fingerprint density at radius 3 is 2.31 bits per heavy atom. The first-order valence-electron chi connectivity index (χ1n) is 12.7. The summed E-state index contributed by atoms with van der Waals surface area (Å²) in [4.78, 5) is 3.35. The summed E-state index contributed by atoms with van der Waals surface area (Å²) in [6.07, 6.45) is 2.16. The molecule has 0 saturated heterocycles. The van der Waals surface area contributed by atoms with Crippen LogP contribution < -0.4 is 18.9 Å². The molecule has 0 atom stereocenters. The van der Waals surface area contributed by atoms with Crippen LogP contribution in [0.2, 0.25) is 0 Å². The number of aromatic hydroxyl groups is 1. The summed E-state index contributed by atoms with van der Waals surface area (Å²) in [6.45, 7) is 0.597. The van der Waals surface area contributed by atoms with Crippen LogP contribution in [0, 0.1) is 0 Å². The molecule has 0 aliphatic carbocycles. The van der Waals surface area contributed by atoms with Crippen molar-refractivity contribution in [2.45, 2.75) is 11.4 Å². The summed E-state index contributed by atoms with van der Waals surface area (Å²) in [7, 11) is 5.44. The highest BCUT2D eigenvalue weighted by atomic mass is 32.2. The topological polar surface area (TPSA) is 45.8 Å². The number of hydrogen-bond acceptors (Lipinski definition) is 5. The van der Waals surface area contributed by atoms with Crippen molar-refractivity contribution in [1.29, 1.82) is 0 Å². The summed E-state index contributed by atoms with van der Waals surface area (Å²) in [5, 5.41) is 13.3. The fraction of sp³-hybridized carbons (Fsp3) is 0.121. The number of anilines is 1. The molecule has 0 amide bonds. The molecule has 5 nitrogen and oxygen atoms in total. The number of fused-ring (bicyclic) bond motifs is 2. The maximum atomic E-state index is 11.1. The van der Waals surface area contributed by atoms with Crippen molar-refractivity contribution >= 4 is 34.4 Å². The van der Waals surface area contributed by atoms with Gasteiger partial charge in [-0.1, -0.05) is 66.4 Å². The standard InChI is InChI=1S/C33H28N2O3S/c1-34-27-17-16-23(33-28(37-2)14-9-15-29(33)38-3)18-30(27)39-32(34)20-24-19-31(36)35(21-22-10-5-4-6-11-22)26-13-8-7-12-25(24)26/h4-20H,21H2,1-3H3/p+1. The number of nitrogens with zero attached hydrogens (tertiary/aromatic N) is 2. The molecule has 1 aliphatic rings. The van der Waals surface area contributed by atoms with Crippen molar-refractivity contribution in [2.24, 2.45) is 0 Å². The molecule has 6 rings (SSSR count). The summed E-state index contributed by atoms with van der Waals surface area (Å²) in [6, 6.07) is 32.6. The number of benzene rings is 4. The normalized spacial score (nSPS) is 13.6. The number of hydrogen-bond donors (Lipinski definition) is 1. The Kier molecular flexibility index (Phi) is 6.63. The smallest absolute Gasteiger partial charge is 0.366 e. The molecule has 6 heteroatoms. The number of rotatable bonds is 6. The van der Waals surface area contributed by atoms with E-state index in [0.717, 1.165) is 60.3 Å². The van der Waals surface area contributed by atoms with Gasteiger partial charge in [0.15, 0.2) is 6.54 Å². The van der Waals surface area contributed by atoms with E-state index in [1.807, 2.05) is 59.2 Å². The summed E-state index contributed by atoms with van der Waals surface area (Å²) in [5.41, 5.74) is 6.21. The molecule has 0 spiro atoms. The van der Waals surface area contributed by atoms with Crippen LogP contribution in [0.3, 0.4) is 0 Å². The van der Waals surface area contributed by atoms with E-state index < -0.39 is 0 Å². The minimum Gasteiger partial charge on any atom is -0.496 e. The van der Waals surface area contributed by atoms with Crippen molar-refractivity contribution in [3.8, 4) is 28.5 Å². The van der Waals surface area contributed by atoms with E-state index >= 15 is 0 Å². The predicted molar refractivity (Wildman–Crippen MR) is 159 cm³/mol. The summed E-state index contributed by atoms with van der Waals surface area (Å²) < 4.78 is 13.3. The van der Waals surface area contributed by atoms with Gasteiger partial charge in [-0.15, -0.1) is 0 Å². The molecule has 1 aliphatic heterocycles. The second kappa shape index (κ2) is 10.4. The highest BCUT2D eigenvalue weighted by Crippen LogP contribution is 2.49. The monoisotopic (exact) mass is 533 g/mol. The van der Waals surface area contributed by atoms with Crippen LogP contribution in [0.5, 0.6) is 17.4 Å². The number of ether oxygens (including phenoxy) is 2. The van der Waals surface area contributed by atoms with Crippen LogP contribution in [0.4, 0.5) is 5.69 Å². The van der Waals surface area contributed by atoms with Crippen LogP contribution >= 0.6 is 11.8 Å². The van der Waals surface area contributed by atoms with E-state index in [2.05, 4.69) is 60.5 Å².